The maximum Gasteiger partial charge on any atom is 0.339 e. The van der Waals surface area contributed by atoms with Crippen LogP contribution in [0.15, 0.2) is 42.4 Å². The third-order valence-corrected chi connectivity index (χ3v) is 4.36. The molecule has 0 N–H and O–H groups in total. The monoisotopic (exact) mass is 392 g/mol. The Balaban J connectivity index is 2.78. The Morgan fingerprint density at radius 1 is 1.26 bits per heavy atom. The van der Waals surface area contributed by atoms with E-state index >= 15 is 0 Å². The molecule has 0 spiro atoms. The predicted octanol–water partition coefficient (Wildman–Crippen LogP) is 6.00. The Hall–Kier alpha value is -2.38. The standard InChI is InChI=1S/C19H18F6O2/c1-5-27-14(11(3)20)8-6-12-10(2)18(22,23)19(24,25)16-13(12)7-9-15(26-4)17(16)21/h6-10H,3,5H2,1-2,4H3/b12-6+,14-8+. The van der Waals surface area contributed by atoms with Crippen molar-refractivity contribution in [3.8, 4) is 5.75 Å². The Morgan fingerprint density at radius 3 is 2.41 bits per heavy atom. The summed E-state index contributed by atoms with van der Waals surface area (Å²) >= 11 is 0. The van der Waals surface area contributed by atoms with Crippen molar-refractivity contribution in [3.63, 3.8) is 0 Å². The maximum atomic E-state index is 14.5. The van der Waals surface area contributed by atoms with Gasteiger partial charge in [0.1, 0.15) is 0 Å². The van der Waals surface area contributed by atoms with Crippen LogP contribution in [0.5, 0.6) is 5.75 Å². The molecular formula is C19H18F6O2. The summed E-state index contributed by atoms with van der Waals surface area (Å²) in [6.07, 6.45) is 2.01. The fraction of sp³-hybridized carbons (Fsp3) is 0.368. The van der Waals surface area contributed by atoms with Gasteiger partial charge >= 0.3 is 11.8 Å². The lowest BCUT2D eigenvalue weighted by molar-refractivity contribution is -0.236. The van der Waals surface area contributed by atoms with Crippen molar-refractivity contribution in [2.75, 3.05) is 13.7 Å². The Kier molecular flexibility index (Phi) is 5.68. The first kappa shape index (κ1) is 20.9. The zero-order chi connectivity index (χ0) is 20.6. The minimum atomic E-state index is -4.76. The van der Waals surface area contributed by atoms with Crippen LogP contribution < -0.4 is 4.74 Å². The summed E-state index contributed by atoms with van der Waals surface area (Å²) in [6.45, 7) is 5.59. The minimum absolute atomic E-state index is 0.0736. The van der Waals surface area contributed by atoms with Gasteiger partial charge in [0.15, 0.2) is 23.2 Å². The second kappa shape index (κ2) is 7.32. The molecule has 1 aliphatic carbocycles. The molecule has 148 valence electrons. The topological polar surface area (TPSA) is 18.5 Å². The number of alkyl halides is 4. The molecule has 0 saturated carbocycles. The lowest BCUT2D eigenvalue weighted by Gasteiger charge is -2.39. The van der Waals surface area contributed by atoms with Gasteiger partial charge in [0.2, 0.25) is 0 Å². The lowest BCUT2D eigenvalue weighted by Crippen LogP contribution is -2.48. The largest absolute Gasteiger partial charge is 0.494 e. The SMILES string of the molecule is C=C(F)/C(=C\C=C1\c2ccc(OC)c(F)c2C(F)(F)C(F)(F)C1C)OCC. The van der Waals surface area contributed by atoms with E-state index in [1.54, 1.807) is 6.92 Å². The van der Waals surface area contributed by atoms with Crippen LogP contribution in [0.2, 0.25) is 0 Å². The fourth-order valence-corrected chi connectivity index (χ4v) is 2.90. The van der Waals surface area contributed by atoms with Crippen LogP contribution in [0.1, 0.15) is 25.0 Å². The molecule has 0 fully saturated rings. The van der Waals surface area contributed by atoms with E-state index in [-0.39, 0.29) is 17.9 Å². The molecule has 1 aliphatic rings. The number of hydrogen-bond donors (Lipinski definition) is 0. The molecule has 1 unspecified atom stereocenters. The molecule has 0 radical (unpaired) electrons. The summed E-state index contributed by atoms with van der Waals surface area (Å²) in [5, 5.41) is 0. The Morgan fingerprint density at radius 2 is 1.89 bits per heavy atom. The number of methoxy groups -OCH3 is 1. The van der Waals surface area contributed by atoms with Crippen molar-refractivity contribution >= 4 is 5.57 Å². The molecule has 0 aliphatic heterocycles. The van der Waals surface area contributed by atoms with Gasteiger partial charge in [-0.3, -0.25) is 0 Å². The second-order valence-corrected chi connectivity index (χ2v) is 5.91. The minimum Gasteiger partial charge on any atom is -0.494 e. The smallest absolute Gasteiger partial charge is 0.339 e. The van der Waals surface area contributed by atoms with Gasteiger partial charge < -0.3 is 9.47 Å². The molecule has 1 aromatic rings. The number of benzene rings is 1. The van der Waals surface area contributed by atoms with Crippen LogP contribution >= 0.6 is 0 Å². The number of hydrogen-bond acceptors (Lipinski definition) is 2. The highest BCUT2D eigenvalue weighted by Crippen LogP contribution is 2.58. The van der Waals surface area contributed by atoms with Crippen LogP contribution in [0.3, 0.4) is 0 Å². The van der Waals surface area contributed by atoms with E-state index < -0.39 is 46.3 Å². The quantitative estimate of drug-likeness (QED) is 0.348. The zero-order valence-electron chi connectivity index (χ0n) is 14.9. The zero-order valence-corrected chi connectivity index (χ0v) is 14.9. The van der Waals surface area contributed by atoms with E-state index in [1.165, 1.54) is 0 Å². The van der Waals surface area contributed by atoms with E-state index in [2.05, 4.69) is 11.3 Å². The first-order chi connectivity index (χ1) is 12.5. The second-order valence-electron chi connectivity index (χ2n) is 5.91. The number of ether oxygens (including phenoxy) is 2. The summed E-state index contributed by atoms with van der Waals surface area (Å²) in [4.78, 5) is 0. The van der Waals surface area contributed by atoms with Gasteiger partial charge in [-0.05, 0) is 30.2 Å². The molecule has 2 nitrogen and oxygen atoms in total. The van der Waals surface area contributed by atoms with Gasteiger partial charge in [0.05, 0.1) is 25.2 Å². The molecular weight excluding hydrogens is 374 g/mol. The van der Waals surface area contributed by atoms with Gasteiger partial charge in [-0.1, -0.05) is 25.6 Å². The summed E-state index contributed by atoms with van der Waals surface area (Å²) in [7, 11) is 1.03. The average molecular weight is 392 g/mol. The van der Waals surface area contributed by atoms with E-state index in [1.807, 2.05) is 0 Å². The van der Waals surface area contributed by atoms with Gasteiger partial charge in [-0.25, -0.2) is 8.78 Å². The van der Waals surface area contributed by atoms with E-state index in [0.717, 1.165) is 38.3 Å². The lowest BCUT2D eigenvalue weighted by atomic mass is 9.75. The number of rotatable bonds is 5. The molecule has 2 rings (SSSR count). The molecule has 1 atom stereocenters. The number of halogens is 6. The van der Waals surface area contributed by atoms with Crippen molar-refractivity contribution in [1.29, 1.82) is 0 Å². The molecule has 8 heteroatoms. The molecule has 0 saturated heterocycles. The molecule has 27 heavy (non-hydrogen) atoms. The first-order valence-electron chi connectivity index (χ1n) is 8.03. The van der Waals surface area contributed by atoms with Crippen molar-refractivity contribution in [2.24, 2.45) is 5.92 Å². The number of allylic oxidation sites excluding steroid dienone is 4. The third-order valence-electron chi connectivity index (χ3n) is 4.36. The Labute approximate surface area is 152 Å². The summed E-state index contributed by atoms with van der Waals surface area (Å²) in [5.41, 5.74) is -2.16. The van der Waals surface area contributed by atoms with Crippen LogP contribution in [-0.2, 0) is 10.7 Å². The highest BCUT2D eigenvalue weighted by Gasteiger charge is 2.66. The van der Waals surface area contributed by atoms with Crippen molar-refractivity contribution in [3.05, 3.63) is 59.4 Å². The van der Waals surface area contributed by atoms with Crippen LogP contribution in [0.4, 0.5) is 26.3 Å². The van der Waals surface area contributed by atoms with E-state index in [9.17, 15) is 26.3 Å². The third kappa shape index (κ3) is 3.33. The highest BCUT2D eigenvalue weighted by atomic mass is 19.3. The first-order valence-corrected chi connectivity index (χ1v) is 8.03. The molecule has 0 aromatic heterocycles. The van der Waals surface area contributed by atoms with E-state index in [0.29, 0.717) is 0 Å². The van der Waals surface area contributed by atoms with Crippen LogP contribution in [-0.4, -0.2) is 19.6 Å². The average Bonchev–Trinajstić information content (AvgIpc) is 2.59. The van der Waals surface area contributed by atoms with Crippen LogP contribution in [0, 0.1) is 11.7 Å². The fourth-order valence-electron chi connectivity index (χ4n) is 2.90. The van der Waals surface area contributed by atoms with Gasteiger partial charge in [-0.2, -0.15) is 17.6 Å². The summed E-state index contributed by atoms with van der Waals surface area (Å²) < 4.78 is 95.1. The maximum absolute atomic E-state index is 14.5. The van der Waals surface area contributed by atoms with Gasteiger partial charge in [0, 0.05) is 0 Å². The normalized spacial score (nSPS) is 22.3. The highest BCUT2D eigenvalue weighted by molar-refractivity contribution is 5.76. The van der Waals surface area contributed by atoms with Gasteiger partial charge in [0.25, 0.3) is 0 Å². The summed E-state index contributed by atoms with van der Waals surface area (Å²) in [5.74, 6) is -14.8. The molecule has 0 amide bonds. The van der Waals surface area contributed by atoms with E-state index in [4.69, 9.17) is 4.74 Å². The predicted molar refractivity (Wildman–Crippen MR) is 88.9 cm³/mol. The molecule has 0 bridgehead atoms. The molecule has 0 heterocycles. The van der Waals surface area contributed by atoms with Crippen LogP contribution in [0.25, 0.3) is 5.57 Å². The molecule has 1 aromatic carbocycles. The Bertz CT molecular complexity index is 811. The van der Waals surface area contributed by atoms with Crippen molar-refractivity contribution in [1.82, 2.24) is 0 Å². The summed E-state index contributed by atoms with van der Waals surface area (Å²) in [6, 6.07) is 2.14. The van der Waals surface area contributed by atoms with Crippen molar-refractivity contribution < 1.29 is 35.8 Å². The number of fused-ring (bicyclic) bond motifs is 1. The van der Waals surface area contributed by atoms with Crippen molar-refractivity contribution in [2.45, 2.75) is 25.7 Å². The van der Waals surface area contributed by atoms with Gasteiger partial charge in [-0.15, -0.1) is 0 Å².